The molecule has 7 heteroatoms. The maximum atomic E-state index is 12.5. The lowest BCUT2D eigenvalue weighted by molar-refractivity contribution is -0.152. The predicted octanol–water partition coefficient (Wildman–Crippen LogP) is 3.82. The number of benzene rings is 2. The number of alkyl halides is 3. The molecule has 1 amide bonds. The molecule has 1 atom stereocenters. The van der Waals surface area contributed by atoms with Gasteiger partial charge in [-0.2, -0.15) is 13.2 Å². The van der Waals surface area contributed by atoms with E-state index >= 15 is 0 Å². The predicted molar refractivity (Wildman–Crippen MR) is 85.8 cm³/mol. The monoisotopic (exact) mass is 351 g/mol. The van der Waals surface area contributed by atoms with E-state index in [1.807, 2.05) is 6.07 Å². The van der Waals surface area contributed by atoms with E-state index in [9.17, 15) is 22.8 Å². The molecule has 0 aliphatic carbocycles. The highest BCUT2D eigenvalue weighted by molar-refractivity contribution is 5.95. The van der Waals surface area contributed by atoms with Crippen molar-refractivity contribution in [2.45, 2.75) is 25.6 Å². The first-order chi connectivity index (χ1) is 11.8. The number of halogens is 3. The number of anilines is 1. The summed E-state index contributed by atoms with van der Waals surface area (Å²) in [5.74, 6) is -1.19. The number of ether oxygens (including phenoxy) is 1. The van der Waals surface area contributed by atoms with Crippen molar-refractivity contribution in [3.8, 4) is 0 Å². The molecule has 2 aromatic carbocycles. The number of esters is 1. The fourth-order valence-corrected chi connectivity index (χ4v) is 2.04. The van der Waals surface area contributed by atoms with Gasteiger partial charge in [0.05, 0.1) is 12.0 Å². The molecule has 2 aromatic rings. The lowest BCUT2D eigenvalue weighted by atomic mass is 10.1. The lowest BCUT2D eigenvalue weighted by Gasteiger charge is -2.14. The molecule has 0 saturated carbocycles. The Kier molecular flexibility index (Phi) is 5.80. The van der Waals surface area contributed by atoms with Crippen LogP contribution in [0.1, 0.15) is 18.1 Å². The molecule has 0 heterocycles. The summed E-state index contributed by atoms with van der Waals surface area (Å²) in [5, 5.41) is 2.41. The average Bonchev–Trinajstić information content (AvgIpc) is 2.55. The minimum Gasteiger partial charge on any atom is -0.452 e. The Labute approximate surface area is 142 Å². The lowest BCUT2D eigenvalue weighted by Crippen LogP contribution is -2.30. The zero-order valence-electron chi connectivity index (χ0n) is 13.3. The number of hydrogen-bond acceptors (Lipinski definition) is 3. The molecule has 4 nitrogen and oxygen atoms in total. The van der Waals surface area contributed by atoms with E-state index in [0.29, 0.717) is 0 Å². The Hall–Kier alpha value is -2.83. The molecule has 2 rings (SSSR count). The summed E-state index contributed by atoms with van der Waals surface area (Å²) in [7, 11) is 0. The molecule has 0 fully saturated rings. The zero-order valence-corrected chi connectivity index (χ0v) is 13.3. The molecule has 0 spiro atoms. The maximum absolute atomic E-state index is 12.5. The smallest absolute Gasteiger partial charge is 0.416 e. The van der Waals surface area contributed by atoms with Gasteiger partial charge in [-0.3, -0.25) is 9.59 Å². The van der Waals surface area contributed by atoms with Gasteiger partial charge in [-0.1, -0.05) is 30.3 Å². The minimum atomic E-state index is -4.44. The van der Waals surface area contributed by atoms with Crippen LogP contribution in [0, 0.1) is 0 Å². The summed E-state index contributed by atoms with van der Waals surface area (Å²) >= 11 is 0. The first-order valence-corrected chi connectivity index (χ1v) is 7.47. The minimum absolute atomic E-state index is 0.0265. The van der Waals surface area contributed by atoms with Crippen LogP contribution >= 0.6 is 0 Å². The highest BCUT2D eigenvalue weighted by Crippen LogP contribution is 2.29. The Bertz CT molecular complexity index is 727. The summed E-state index contributed by atoms with van der Waals surface area (Å²) in [6, 6.07) is 12.9. The Balaban J connectivity index is 1.88. The van der Waals surface area contributed by atoms with Crippen LogP contribution in [0.2, 0.25) is 0 Å². The number of carbonyl (C=O) groups excluding carboxylic acids is 2. The summed E-state index contributed by atoms with van der Waals surface area (Å²) < 4.78 is 42.5. The quantitative estimate of drug-likeness (QED) is 0.833. The molecule has 25 heavy (non-hydrogen) atoms. The van der Waals surface area contributed by atoms with E-state index in [-0.39, 0.29) is 12.1 Å². The molecule has 0 bridgehead atoms. The molecular formula is C18H16F3NO3. The molecule has 0 aromatic heterocycles. The van der Waals surface area contributed by atoms with Crippen molar-refractivity contribution in [1.29, 1.82) is 0 Å². The van der Waals surface area contributed by atoms with Crippen molar-refractivity contribution in [3.05, 3.63) is 65.7 Å². The SMILES string of the molecule is C[C@H](OC(=O)Cc1ccccc1)C(=O)Nc1ccc(C(F)(F)F)cc1. The third-order valence-corrected chi connectivity index (χ3v) is 3.35. The van der Waals surface area contributed by atoms with Crippen LogP contribution < -0.4 is 5.32 Å². The fraction of sp³-hybridized carbons (Fsp3) is 0.222. The Morgan fingerprint density at radius 3 is 2.20 bits per heavy atom. The van der Waals surface area contributed by atoms with Gasteiger partial charge in [0.15, 0.2) is 6.10 Å². The van der Waals surface area contributed by atoms with E-state index < -0.39 is 29.7 Å². The molecule has 0 aliphatic rings. The van der Waals surface area contributed by atoms with Crippen LogP contribution in [0.15, 0.2) is 54.6 Å². The van der Waals surface area contributed by atoms with Crippen molar-refractivity contribution in [2.24, 2.45) is 0 Å². The number of hydrogen-bond donors (Lipinski definition) is 1. The summed E-state index contributed by atoms with van der Waals surface area (Å²) in [5.41, 5.74) is 0.125. The molecular weight excluding hydrogens is 335 g/mol. The topological polar surface area (TPSA) is 55.4 Å². The second-order valence-corrected chi connectivity index (χ2v) is 5.36. The van der Waals surface area contributed by atoms with Crippen molar-refractivity contribution < 1.29 is 27.5 Å². The van der Waals surface area contributed by atoms with Gasteiger partial charge in [0, 0.05) is 5.69 Å². The number of nitrogens with one attached hydrogen (secondary N) is 1. The van der Waals surface area contributed by atoms with Crippen LogP contribution in [0.4, 0.5) is 18.9 Å². The normalized spacial score (nSPS) is 12.3. The first kappa shape index (κ1) is 18.5. The summed E-state index contributed by atoms with van der Waals surface area (Å²) in [6.07, 6.45) is -5.49. The third kappa shape index (κ3) is 5.63. The molecule has 0 saturated heterocycles. The Morgan fingerprint density at radius 1 is 1.04 bits per heavy atom. The van der Waals surface area contributed by atoms with Gasteiger partial charge >= 0.3 is 12.1 Å². The third-order valence-electron chi connectivity index (χ3n) is 3.35. The van der Waals surface area contributed by atoms with Gasteiger partial charge in [-0.25, -0.2) is 0 Å². The van der Waals surface area contributed by atoms with Crippen molar-refractivity contribution in [3.63, 3.8) is 0 Å². The molecule has 132 valence electrons. The van der Waals surface area contributed by atoms with Crippen LogP contribution in [0.25, 0.3) is 0 Å². The maximum Gasteiger partial charge on any atom is 0.416 e. The highest BCUT2D eigenvalue weighted by Gasteiger charge is 2.30. The van der Waals surface area contributed by atoms with E-state index in [1.165, 1.54) is 6.92 Å². The average molecular weight is 351 g/mol. The zero-order chi connectivity index (χ0) is 18.4. The molecule has 0 radical (unpaired) electrons. The van der Waals surface area contributed by atoms with Crippen LogP contribution in [-0.4, -0.2) is 18.0 Å². The first-order valence-electron chi connectivity index (χ1n) is 7.47. The van der Waals surface area contributed by atoms with Gasteiger partial charge in [0.1, 0.15) is 0 Å². The highest BCUT2D eigenvalue weighted by atomic mass is 19.4. The number of rotatable bonds is 5. The number of amides is 1. The van der Waals surface area contributed by atoms with Crippen molar-refractivity contribution in [1.82, 2.24) is 0 Å². The second-order valence-electron chi connectivity index (χ2n) is 5.36. The summed E-state index contributed by atoms with van der Waals surface area (Å²) in [6.45, 7) is 1.39. The van der Waals surface area contributed by atoms with Gasteiger partial charge in [0.25, 0.3) is 5.91 Å². The number of carbonyl (C=O) groups is 2. The summed E-state index contributed by atoms with van der Waals surface area (Å²) in [4.78, 5) is 23.8. The molecule has 1 N–H and O–H groups in total. The van der Waals surface area contributed by atoms with Gasteiger partial charge in [0.2, 0.25) is 0 Å². The van der Waals surface area contributed by atoms with Gasteiger partial charge in [-0.15, -0.1) is 0 Å². The largest absolute Gasteiger partial charge is 0.452 e. The van der Waals surface area contributed by atoms with E-state index in [1.54, 1.807) is 24.3 Å². The Morgan fingerprint density at radius 2 is 1.64 bits per heavy atom. The van der Waals surface area contributed by atoms with Crippen LogP contribution in [0.3, 0.4) is 0 Å². The van der Waals surface area contributed by atoms with E-state index in [4.69, 9.17) is 4.74 Å². The molecule has 0 unspecified atom stereocenters. The van der Waals surface area contributed by atoms with Crippen LogP contribution in [-0.2, 0) is 26.9 Å². The van der Waals surface area contributed by atoms with Gasteiger partial charge < -0.3 is 10.1 Å². The molecule has 0 aliphatic heterocycles. The van der Waals surface area contributed by atoms with Crippen molar-refractivity contribution in [2.75, 3.05) is 5.32 Å². The van der Waals surface area contributed by atoms with Gasteiger partial charge in [-0.05, 0) is 36.8 Å². The van der Waals surface area contributed by atoms with E-state index in [2.05, 4.69) is 5.32 Å². The second kappa shape index (κ2) is 7.83. The van der Waals surface area contributed by atoms with Crippen molar-refractivity contribution >= 4 is 17.6 Å². The van der Waals surface area contributed by atoms with E-state index in [0.717, 1.165) is 29.8 Å². The standard InChI is InChI=1S/C18H16F3NO3/c1-12(25-16(23)11-13-5-3-2-4-6-13)17(24)22-15-9-7-14(8-10-15)18(19,20)21/h2-10,12H,11H2,1H3,(H,22,24)/t12-/m0/s1. The fourth-order valence-electron chi connectivity index (χ4n) is 2.04. The van der Waals surface area contributed by atoms with Crippen LogP contribution in [0.5, 0.6) is 0 Å².